The highest BCUT2D eigenvalue weighted by Crippen LogP contribution is 2.26. The van der Waals surface area contributed by atoms with Crippen molar-refractivity contribution in [1.29, 1.82) is 0 Å². The molecule has 6 nitrogen and oxygen atoms in total. The minimum atomic E-state index is -4.86. The molecule has 0 bridgehead atoms. The average molecular weight is 478 g/mol. The number of amides is 2. The van der Waals surface area contributed by atoms with Crippen LogP contribution < -0.4 is 10.2 Å². The fourth-order valence-electron chi connectivity index (χ4n) is 3.52. The number of hydrogen-bond acceptors (Lipinski definition) is 4. The minimum absolute atomic E-state index is 0.00865. The van der Waals surface area contributed by atoms with Crippen LogP contribution in [0.4, 0.5) is 24.5 Å². The molecular formula is C23H19ClF3N3O3. The van der Waals surface area contributed by atoms with E-state index >= 15 is 0 Å². The molecule has 1 N–H and O–H groups in total. The molecule has 2 aromatic carbocycles. The molecule has 0 spiro atoms. The molecular weight excluding hydrogens is 459 g/mol. The number of rotatable bonds is 4. The summed E-state index contributed by atoms with van der Waals surface area (Å²) >= 11 is 5.89. The molecule has 1 saturated heterocycles. The number of halogens is 4. The second-order valence-corrected chi connectivity index (χ2v) is 7.89. The molecule has 10 heteroatoms. The fraction of sp³-hybridized carbons (Fsp3) is 0.217. The van der Waals surface area contributed by atoms with Crippen molar-refractivity contribution in [2.75, 3.05) is 36.4 Å². The predicted octanol–water partition coefficient (Wildman–Crippen LogP) is 5.06. The standard InChI is InChI=1S/C23H19ClF3N3O3/c24-16-3-1-15(2-4-16)19-9-10-20(33-19)21(31)28-17-5-7-18(8-6-17)29-11-13-30(14-12-29)22(32)23(25,26)27/h1-10H,11-14H2,(H,28,31). The number of benzene rings is 2. The van der Waals surface area contributed by atoms with Crippen molar-refractivity contribution in [3.8, 4) is 11.3 Å². The highest BCUT2D eigenvalue weighted by molar-refractivity contribution is 6.30. The van der Waals surface area contributed by atoms with Crippen LogP contribution in [0, 0.1) is 0 Å². The Hall–Kier alpha value is -3.46. The van der Waals surface area contributed by atoms with E-state index in [1.165, 1.54) is 0 Å². The van der Waals surface area contributed by atoms with Crippen molar-refractivity contribution in [3.63, 3.8) is 0 Å². The Kier molecular flexibility index (Phi) is 6.33. The highest BCUT2D eigenvalue weighted by atomic mass is 35.5. The van der Waals surface area contributed by atoms with Crippen LogP contribution in [0.1, 0.15) is 10.6 Å². The van der Waals surface area contributed by atoms with Gasteiger partial charge in [-0.2, -0.15) is 13.2 Å². The third-order valence-electron chi connectivity index (χ3n) is 5.26. The average Bonchev–Trinajstić information content (AvgIpc) is 3.30. The minimum Gasteiger partial charge on any atom is -0.451 e. The number of nitrogens with one attached hydrogen (secondary N) is 1. The summed E-state index contributed by atoms with van der Waals surface area (Å²) < 4.78 is 43.4. The van der Waals surface area contributed by atoms with Gasteiger partial charge in [0.05, 0.1) is 0 Å². The summed E-state index contributed by atoms with van der Waals surface area (Å²) in [5.74, 6) is -1.54. The monoisotopic (exact) mass is 477 g/mol. The van der Waals surface area contributed by atoms with E-state index in [9.17, 15) is 22.8 Å². The number of alkyl halides is 3. The van der Waals surface area contributed by atoms with Crippen molar-refractivity contribution in [2.24, 2.45) is 0 Å². The zero-order valence-electron chi connectivity index (χ0n) is 17.2. The lowest BCUT2D eigenvalue weighted by Crippen LogP contribution is -2.52. The fourth-order valence-corrected chi connectivity index (χ4v) is 3.65. The van der Waals surface area contributed by atoms with E-state index in [4.69, 9.17) is 16.0 Å². The first-order valence-corrected chi connectivity index (χ1v) is 10.5. The first-order chi connectivity index (χ1) is 15.7. The SMILES string of the molecule is O=C(Nc1ccc(N2CCN(C(=O)C(F)(F)F)CC2)cc1)c1ccc(-c2ccc(Cl)cc2)o1. The number of anilines is 2. The predicted molar refractivity (Wildman–Crippen MR) is 118 cm³/mol. The third-order valence-corrected chi connectivity index (χ3v) is 5.51. The molecule has 0 aliphatic carbocycles. The van der Waals surface area contributed by atoms with E-state index in [0.717, 1.165) is 16.2 Å². The third kappa shape index (κ3) is 5.31. The van der Waals surface area contributed by atoms with Crippen LogP contribution in [-0.4, -0.2) is 49.1 Å². The molecule has 0 radical (unpaired) electrons. The maximum Gasteiger partial charge on any atom is 0.471 e. The number of carbonyl (C=O) groups excluding carboxylic acids is 2. The van der Waals surface area contributed by atoms with Crippen LogP contribution in [-0.2, 0) is 4.79 Å². The van der Waals surface area contributed by atoms with Gasteiger partial charge in [-0.05, 0) is 60.7 Å². The van der Waals surface area contributed by atoms with Crippen LogP contribution >= 0.6 is 11.6 Å². The van der Waals surface area contributed by atoms with Gasteiger partial charge < -0.3 is 19.5 Å². The molecule has 1 aromatic heterocycles. The van der Waals surface area contributed by atoms with Crippen molar-refractivity contribution in [3.05, 3.63) is 71.4 Å². The molecule has 172 valence electrons. The molecule has 0 unspecified atom stereocenters. The largest absolute Gasteiger partial charge is 0.471 e. The lowest BCUT2D eigenvalue weighted by Gasteiger charge is -2.36. The molecule has 3 aromatic rings. The maximum atomic E-state index is 12.6. The zero-order valence-corrected chi connectivity index (χ0v) is 18.0. The summed E-state index contributed by atoms with van der Waals surface area (Å²) in [5, 5.41) is 3.35. The van der Waals surface area contributed by atoms with Crippen molar-refractivity contribution in [2.45, 2.75) is 6.18 Å². The van der Waals surface area contributed by atoms with Crippen molar-refractivity contribution >= 4 is 34.8 Å². The number of piperazine rings is 1. The number of nitrogens with zero attached hydrogens (tertiary/aromatic N) is 2. The van der Waals surface area contributed by atoms with E-state index in [-0.39, 0.29) is 31.9 Å². The molecule has 33 heavy (non-hydrogen) atoms. The Morgan fingerprint density at radius 3 is 2.12 bits per heavy atom. The molecule has 1 aliphatic rings. The second kappa shape index (κ2) is 9.19. The summed E-state index contributed by atoms with van der Waals surface area (Å²) in [6, 6.07) is 17.2. The molecule has 0 atom stereocenters. The van der Waals surface area contributed by atoms with Gasteiger partial charge in [0.15, 0.2) is 5.76 Å². The van der Waals surface area contributed by atoms with Crippen molar-refractivity contribution < 1.29 is 27.2 Å². The Morgan fingerprint density at radius 2 is 1.52 bits per heavy atom. The van der Waals surface area contributed by atoms with Gasteiger partial charge in [0.25, 0.3) is 5.91 Å². The van der Waals surface area contributed by atoms with Gasteiger partial charge in [-0.15, -0.1) is 0 Å². The van der Waals surface area contributed by atoms with Crippen LogP contribution in [0.5, 0.6) is 0 Å². The highest BCUT2D eigenvalue weighted by Gasteiger charge is 2.43. The van der Waals surface area contributed by atoms with Crippen LogP contribution in [0.15, 0.2) is 65.1 Å². The lowest BCUT2D eigenvalue weighted by atomic mass is 10.2. The zero-order chi connectivity index (χ0) is 23.6. The van der Waals surface area contributed by atoms with E-state index in [0.29, 0.717) is 16.5 Å². The van der Waals surface area contributed by atoms with Crippen molar-refractivity contribution in [1.82, 2.24) is 4.90 Å². The van der Waals surface area contributed by atoms with E-state index < -0.39 is 18.0 Å². The lowest BCUT2D eigenvalue weighted by molar-refractivity contribution is -0.185. The van der Waals surface area contributed by atoms with Gasteiger partial charge in [0, 0.05) is 48.1 Å². The normalized spacial score (nSPS) is 14.3. The quantitative estimate of drug-likeness (QED) is 0.570. The Labute approximate surface area is 192 Å². The molecule has 1 fully saturated rings. The van der Waals surface area contributed by atoms with E-state index in [1.54, 1.807) is 60.7 Å². The summed E-state index contributed by atoms with van der Waals surface area (Å²) in [5.41, 5.74) is 2.12. The molecule has 0 saturated carbocycles. The number of furan rings is 1. The smallest absolute Gasteiger partial charge is 0.451 e. The van der Waals surface area contributed by atoms with Gasteiger partial charge in [-0.3, -0.25) is 9.59 Å². The van der Waals surface area contributed by atoms with Gasteiger partial charge in [0.1, 0.15) is 5.76 Å². The Balaban J connectivity index is 1.34. The summed E-state index contributed by atoms with van der Waals surface area (Å²) in [6.45, 7) is 0.553. The Bertz CT molecular complexity index is 1140. The van der Waals surface area contributed by atoms with Crippen LogP contribution in [0.2, 0.25) is 5.02 Å². The Morgan fingerprint density at radius 1 is 0.879 bits per heavy atom. The van der Waals surface area contributed by atoms with Gasteiger partial charge in [-0.1, -0.05) is 11.6 Å². The van der Waals surface area contributed by atoms with Gasteiger partial charge >= 0.3 is 12.1 Å². The second-order valence-electron chi connectivity index (χ2n) is 7.45. The van der Waals surface area contributed by atoms with Crippen LogP contribution in [0.3, 0.4) is 0 Å². The van der Waals surface area contributed by atoms with E-state index in [1.807, 2.05) is 4.90 Å². The number of carbonyl (C=O) groups is 2. The first kappa shape index (κ1) is 22.7. The molecule has 2 heterocycles. The van der Waals surface area contributed by atoms with Gasteiger partial charge in [0.2, 0.25) is 0 Å². The summed E-state index contributed by atoms with van der Waals surface area (Å²) in [6.07, 6.45) is -4.86. The summed E-state index contributed by atoms with van der Waals surface area (Å²) in [7, 11) is 0. The van der Waals surface area contributed by atoms with Gasteiger partial charge in [-0.25, -0.2) is 0 Å². The topological polar surface area (TPSA) is 65.8 Å². The van der Waals surface area contributed by atoms with E-state index in [2.05, 4.69) is 5.32 Å². The molecule has 1 aliphatic heterocycles. The maximum absolute atomic E-state index is 12.6. The number of hydrogen-bond donors (Lipinski definition) is 1. The molecule has 4 rings (SSSR count). The van der Waals surface area contributed by atoms with Crippen LogP contribution in [0.25, 0.3) is 11.3 Å². The first-order valence-electron chi connectivity index (χ1n) is 10.1. The summed E-state index contributed by atoms with van der Waals surface area (Å²) in [4.78, 5) is 26.6. The molecule has 2 amide bonds.